The molecule has 2 atom stereocenters. The first kappa shape index (κ1) is 14.0. The molecule has 2 aliphatic heterocycles. The van der Waals surface area contributed by atoms with Crippen molar-refractivity contribution in [3.63, 3.8) is 0 Å². The van der Waals surface area contributed by atoms with Gasteiger partial charge in [-0.2, -0.15) is 0 Å². The molecule has 2 heterocycles. The second kappa shape index (κ2) is 5.13. The largest absolute Gasteiger partial charge is 0.480 e. The Morgan fingerprint density at radius 1 is 1.33 bits per heavy atom. The molecule has 2 aliphatic rings. The van der Waals surface area contributed by atoms with Crippen LogP contribution in [0.15, 0.2) is 24.3 Å². The number of nitrogens with two attached hydrogens (primary N) is 1. The molecule has 1 amide bonds. The highest BCUT2D eigenvalue weighted by atomic mass is 16.5. The van der Waals surface area contributed by atoms with Gasteiger partial charge in [0, 0.05) is 19.6 Å². The Morgan fingerprint density at radius 2 is 2.05 bits per heavy atom. The molecule has 1 saturated heterocycles. The Hall–Kier alpha value is -1.92. The number of nitrogens with zero attached hydrogens (tertiary/aromatic N) is 1. The van der Waals surface area contributed by atoms with Crippen molar-refractivity contribution in [1.82, 2.24) is 4.90 Å². The molecule has 6 heteroatoms. The molecule has 0 aromatic heterocycles. The number of ether oxygens (including phenoxy) is 1. The standard InChI is InChI=1S/C15H18N2O4/c16-15(5-6-21-9-15)14(20)17-8-11-4-2-1-3-10(11)7-12(17)13(18)19/h1-4,12H,5-9,16H2,(H,18,19)/t12-,15?/m0/s1. The van der Waals surface area contributed by atoms with Crippen molar-refractivity contribution in [2.75, 3.05) is 13.2 Å². The number of aliphatic carboxylic acids is 1. The normalized spacial score (nSPS) is 28.2. The monoisotopic (exact) mass is 290 g/mol. The van der Waals surface area contributed by atoms with Crippen LogP contribution in [0.2, 0.25) is 0 Å². The summed E-state index contributed by atoms with van der Waals surface area (Å²) in [5, 5.41) is 9.44. The third kappa shape index (κ3) is 2.41. The highest BCUT2D eigenvalue weighted by Gasteiger charge is 2.45. The number of hydrogen-bond acceptors (Lipinski definition) is 4. The summed E-state index contributed by atoms with van der Waals surface area (Å²) in [6, 6.07) is 6.73. The second-order valence-electron chi connectivity index (χ2n) is 5.72. The van der Waals surface area contributed by atoms with E-state index in [9.17, 15) is 14.7 Å². The molecular weight excluding hydrogens is 272 g/mol. The van der Waals surface area contributed by atoms with E-state index in [0.29, 0.717) is 19.4 Å². The Kier molecular flexibility index (Phi) is 3.43. The first-order chi connectivity index (χ1) is 10.0. The number of carboxylic acid groups (broad SMARTS) is 1. The van der Waals surface area contributed by atoms with Crippen molar-refractivity contribution >= 4 is 11.9 Å². The zero-order chi connectivity index (χ0) is 15.0. The van der Waals surface area contributed by atoms with Gasteiger partial charge in [0.05, 0.1) is 6.61 Å². The summed E-state index contributed by atoms with van der Waals surface area (Å²) in [6.07, 6.45) is 0.741. The number of amides is 1. The van der Waals surface area contributed by atoms with Gasteiger partial charge in [-0.05, 0) is 17.5 Å². The van der Waals surface area contributed by atoms with Crippen LogP contribution in [0.25, 0.3) is 0 Å². The molecule has 0 bridgehead atoms. The predicted octanol–water partition coefficient (Wildman–Crippen LogP) is 0.142. The average Bonchev–Trinajstić information content (AvgIpc) is 2.93. The van der Waals surface area contributed by atoms with E-state index < -0.39 is 17.6 Å². The average molecular weight is 290 g/mol. The number of carboxylic acids is 1. The minimum Gasteiger partial charge on any atom is -0.480 e. The van der Waals surface area contributed by atoms with E-state index in [0.717, 1.165) is 11.1 Å². The van der Waals surface area contributed by atoms with Gasteiger partial charge >= 0.3 is 5.97 Å². The number of carbonyl (C=O) groups excluding carboxylic acids is 1. The summed E-state index contributed by atoms with van der Waals surface area (Å²) in [5.74, 6) is -1.33. The minimum absolute atomic E-state index is 0.149. The summed E-state index contributed by atoms with van der Waals surface area (Å²) in [6.45, 7) is 0.867. The number of benzene rings is 1. The van der Waals surface area contributed by atoms with E-state index in [1.54, 1.807) is 0 Å². The third-order valence-electron chi connectivity index (χ3n) is 4.27. The van der Waals surface area contributed by atoms with Crippen molar-refractivity contribution in [3.8, 4) is 0 Å². The molecule has 1 fully saturated rings. The van der Waals surface area contributed by atoms with Crippen LogP contribution in [0.4, 0.5) is 0 Å². The maximum Gasteiger partial charge on any atom is 0.326 e. The Morgan fingerprint density at radius 3 is 2.67 bits per heavy atom. The van der Waals surface area contributed by atoms with Gasteiger partial charge in [0.25, 0.3) is 0 Å². The zero-order valence-electron chi connectivity index (χ0n) is 11.6. The summed E-state index contributed by atoms with van der Waals surface area (Å²) < 4.78 is 5.22. The molecule has 6 nitrogen and oxygen atoms in total. The maximum absolute atomic E-state index is 12.7. The van der Waals surface area contributed by atoms with E-state index in [2.05, 4.69) is 0 Å². The fourth-order valence-corrected chi connectivity index (χ4v) is 2.99. The Labute approximate surface area is 122 Å². The smallest absolute Gasteiger partial charge is 0.326 e. The number of carbonyl (C=O) groups is 2. The molecule has 112 valence electrons. The highest BCUT2D eigenvalue weighted by Crippen LogP contribution is 2.27. The molecule has 0 spiro atoms. The van der Waals surface area contributed by atoms with Gasteiger partial charge in [-0.3, -0.25) is 4.79 Å². The lowest BCUT2D eigenvalue weighted by Crippen LogP contribution is -2.60. The van der Waals surface area contributed by atoms with E-state index in [-0.39, 0.29) is 19.1 Å². The van der Waals surface area contributed by atoms with Crippen LogP contribution in [0, 0.1) is 0 Å². The van der Waals surface area contributed by atoms with Gasteiger partial charge in [-0.25, -0.2) is 4.79 Å². The molecule has 3 N–H and O–H groups in total. The summed E-state index contributed by atoms with van der Waals surface area (Å²) in [4.78, 5) is 25.6. The first-order valence-corrected chi connectivity index (χ1v) is 6.98. The van der Waals surface area contributed by atoms with Gasteiger partial charge < -0.3 is 20.5 Å². The van der Waals surface area contributed by atoms with Crippen molar-refractivity contribution in [2.45, 2.75) is 31.0 Å². The second-order valence-corrected chi connectivity index (χ2v) is 5.72. The molecule has 0 saturated carbocycles. The topological polar surface area (TPSA) is 92.9 Å². The third-order valence-corrected chi connectivity index (χ3v) is 4.27. The molecule has 1 unspecified atom stereocenters. The Balaban J connectivity index is 1.92. The number of rotatable bonds is 2. The summed E-state index contributed by atoms with van der Waals surface area (Å²) in [5.41, 5.74) is 6.96. The minimum atomic E-state index is -1.10. The van der Waals surface area contributed by atoms with E-state index in [4.69, 9.17) is 10.5 Å². The van der Waals surface area contributed by atoms with Crippen LogP contribution >= 0.6 is 0 Å². The van der Waals surface area contributed by atoms with Crippen molar-refractivity contribution in [3.05, 3.63) is 35.4 Å². The maximum atomic E-state index is 12.7. The summed E-state index contributed by atoms with van der Waals surface area (Å²) in [7, 11) is 0. The molecule has 0 aliphatic carbocycles. The fraction of sp³-hybridized carbons (Fsp3) is 0.467. The number of hydrogen-bond donors (Lipinski definition) is 2. The molecular formula is C15H18N2O4. The lowest BCUT2D eigenvalue weighted by molar-refractivity contribution is -0.154. The van der Waals surface area contributed by atoms with Crippen LogP contribution in [-0.4, -0.2) is 46.7 Å². The molecule has 1 aromatic carbocycles. The van der Waals surface area contributed by atoms with Crippen molar-refractivity contribution in [2.24, 2.45) is 5.73 Å². The van der Waals surface area contributed by atoms with Gasteiger partial charge in [0.15, 0.2) is 0 Å². The highest BCUT2D eigenvalue weighted by molar-refractivity contribution is 5.91. The van der Waals surface area contributed by atoms with Crippen LogP contribution in [0.5, 0.6) is 0 Å². The van der Waals surface area contributed by atoms with Crippen molar-refractivity contribution in [1.29, 1.82) is 0 Å². The summed E-state index contributed by atoms with van der Waals surface area (Å²) >= 11 is 0. The molecule has 1 aromatic rings. The van der Waals surface area contributed by atoms with E-state index in [1.807, 2.05) is 24.3 Å². The van der Waals surface area contributed by atoms with Gasteiger partial charge in [0.2, 0.25) is 5.91 Å². The predicted molar refractivity (Wildman–Crippen MR) is 74.5 cm³/mol. The molecule has 0 radical (unpaired) electrons. The van der Waals surface area contributed by atoms with Crippen LogP contribution in [-0.2, 0) is 27.3 Å². The van der Waals surface area contributed by atoms with Gasteiger partial charge in [0.1, 0.15) is 11.6 Å². The van der Waals surface area contributed by atoms with E-state index >= 15 is 0 Å². The SMILES string of the molecule is NC1(C(=O)N2Cc3ccccc3C[C@H]2C(=O)O)CCOC1. The van der Waals surface area contributed by atoms with Crippen LogP contribution in [0.3, 0.4) is 0 Å². The Bertz CT molecular complexity index is 581. The van der Waals surface area contributed by atoms with Gasteiger partial charge in [-0.15, -0.1) is 0 Å². The first-order valence-electron chi connectivity index (χ1n) is 6.98. The van der Waals surface area contributed by atoms with E-state index in [1.165, 1.54) is 4.90 Å². The quantitative estimate of drug-likeness (QED) is 0.808. The molecule has 21 heavy (non-hydrogen) atoms. The van der Waals surface area contributed by atoms with Crippen molar-refractivity contribution < 1.29 is 19.4 Å². The van der Waals surface area contributed by atoms with Crippen LogP contribution < -0.4 is 5.73 Å². The zero-order valence-corrected chi connectivity index (χ0v) is 11.6. The lowest BCUT2D eigenvalue weighted by Gasteiger charge is -2.38. The van der Waals surface area contributed by atoms with Gasteiger partial charge in [-0.1, -0.05) is 24.3 Å². The fourth-order valence-electron chi connectivity index (χ4n) is 2.99. The lowest BCUT2D eigenvalue weighted by atomic mass is 9.90. The molecule has 3 rings (SSSR count). The van der Waals surface area contributed by atoms with Crippen LogP contribution in [0.1, 0.15) is 17.5 Å². The number of fused-ring (bicyclic) bond motifs is 1.